The molecule has 2 aromatic carbocycles. The molecule has 5 heteroatoms. The van der Waals surface area contributed by atoms with Crippen molar-refractivity contribution in [3.63, 3.8) is 0 Å². The zero-order valence-corrected chi connectivity index (χ0v) is 16.0. The van der Waals surface area contributed by atoms with Gasteiger partial charge >= 0.3 is 0 Å². The Hall–Kier alpha value is -2.95. The molecule has 3 aromatic rings. The lowest BCUT2D eigenvalue weighted by Gasteiger charge is -2.13. The summed E-state index contributed by atoms with van der Waals surface area (Å²) in [5, 5.41) is 4.57. The van der Waals surface area contributed by atoms with Crippen LogP contribution >= 0.6 is 0 Å². The first-order valence-electron chi connectivity index (χ1n) is 8.57. The SMILES string of the molecule is COc1c(C)c(-c2ccc(OCc3c(C)cccc3N)c(C)c2)nn1C. The van der Waals surface area contributed by atoms with E-state index in [-0.39, 0.29) is 0 Å². The number of benzene rings is 2. The number of aryl methyl sites for hydroxylation is 3. The van der Waals surface area contributed by atoms with E-state index >= 15 is 0 Å². The van der Waals surface area contributed by atoms with Crippen LogP contribution in [0.5, 0.6) is 11.6 Å². The second-order valence-electron chi connectivity index (χ2n) is 6.52. The van der Waals surface area contributed by atoms with E-state index in [1.54, 1.807) is 11.8 Å². The molecule has 1 aromatic heterocycles. The van der Waals surface area contributed by atoms with Gasteiger partial charge in [-0.2, -0.15) is 5.10 Å². The topological polar surface area (TPSA) is 62.3 Å². The van der Waals surface area contributed by atoms with E-state index in [1.807, 2.05) is 58.2 Å². The van der Waals surface area contributed by atoms with E-state index < -0.39 is 0 Å². The molecule has 1 heterocycles. The molecule has 0 spiro atoms. The van der Waals surface area contributed by atoms with Crippen molar-refractivity contribution in [3.05, 3.63) is 58.7 Å². The fourth-order valence-corrected chi connectivity index (χ4v) is 3.20. The summed E-state index contributed by atoms with van der Waals surface area (Å²) in [6, 6.07) is 12.0. The van der Waals surface area contributed by atoms with Crippen LogP contribution in [-0.2, 0) is 13.7 Å². The van der Waals surface area contributed by atoms with Crippen molar-refractivity contribution in [3.8, 4) is 22.9 Å². The van der Waals surface area contributed by atoms with Crippen LogP contribution in [0, 0.1) is 20.8 Å². The number of hydrogen-bond donors (Lipinski definition) is 1. The number of nitrogen functional groups attached to an aromatic ring is 1. The molecule has 0 bridgehead atoms. The molecule has 0 radical (unpaired) electrons. The molecule has 0 aliphatic rings. The van der Waals surface area contributed by atoms with Crippen molar-refractivity contribution in [2.24, 2.45) is 7.05 Å². The van der Waals surface area contributed by atoms with Crippen LogP contribution < -0.4 is 15.2 Å². The molecule has 0 aliphatic heterocycles. The highest BCUT2D eigenvalue weighted by atomic mass is 16.5. The Labute approximate surface area is 154 Å². The first-order chi connectivity index (χ1) is 12.4. The van der Waals surface area contributed by atoms with Crippen LogP contribution in [0.15, 0.2) is 36.4 Å². The van der Waals surface area contributed by atoms with Gasteiger partial charge in [-0.1, -0.05) is 12.1 Å². The summed E-state index contributed by atoms with van der Waals surface area (Å²) in [6.07, 6.45) is 0. The van der Waals surface area contributed by atoms with E-state index in [0.29, 0.717) is 6.61 Å². The van der Waals surface area contributed by atoms with Crippen molar-refractivity contribution in [1.82, 2.24) is 9.78 Å². The van der Waals surface area contributed by atoms with E-state index in [1.165, 1.54) is 0 Å². The highest BCUT2D eigenvalue weighted by molar-refractivity contribution is 5.67. The molecule has 26 heavy (non-hydrogen) atoms. The van der Waals surface area contributed by atoms with Crippen LogP contribution in [-0.4, -0.2) is 16.9 Å². The van der Waals surface area contributed by atoms with Crippen LogP contribution in [0.1, 0.15) is 22.3 Å². The molecule has 0 saturated carbocycles. The van der Waals surface area contributed by atoms with Crippen LogP contribution in [0.4, 0.5) is 5.69 Å². The van der Waals surface area contributed by atoms with E-state index in [0.717, 1.165) is 50.8 Å². The fourth-order valence-electron chi connectivity index (χ4n) is 3.20. The second-order valence-corrected chi connectivity index (χ2v) is 6.52. The Kier molecular flexibility index (Phi) is 4.89. The Morgan fingerprint density at radius 1 is 1.08 bits per heavy atom. The number of nitrogens with two attached hydrogens (primary N) is 1. The standard InChI is InChI=1S/C21H25N3O2/c1-13-7-6-8-18(22)17(13)12-26-19-10-9-16(11-14(19)2)20-15(3)21(25-5)24(4)23-20/h6-11H,12,22H2,1-5H3. The number of nitrogens with zero attached hydrogens (tertiary/aromatic N) is 2. The third kappa shape index (κ3) is 3.25. The average molecular weight is 351 g/mol. The van der Waals surface area contributed by atoms with Gasteiger partial charge < -0.3 is 15.2 Å². The van der Waals surface area contributed by atoms with Crippen molar-refractivity contribution in [2.75, 3.05) is 12.8 Å². The summed E-state index contributed by atoms with van der Waals surface area (Å²) < 4.78 is 13.2. The molecule has 0 unspecified atom stereocenters. The lowest BCUT2D eigenvalue weighted by atomic mass is 10.1. The number of methoxy groups -OCH3 is 1. The van der Waals surface area contributed by atoms with Crippen molar-refractivity contribution in [2.45, 2.75) is 27.4 Å². The zero-order valence-electron chi connectivity index (χ0n) is 16.0. The summed E-state index contributed by atoms with van der Waals surface area (Å²) in [5.74, 6) is 1.62. The summed E-state index contributed by atoms with van der Waals surface area (Å²) in [4.78, 5) is 0. The van der Waals surface area contributed by atoms with Gasteiger partial charge in [0.05, 0.1) is 12.8 Å². The van der Waals surface area contributed by atoms with Crippen molar-refractivity contribution < 1.29 is 9.47 Å². The normalized spacial score (nSPS) is 10.8. The van der Waals surface area contributed by atoms with Gasteiger partial charge in [0, 0.05) is 29.4 Å². The lowest BCUT2D eigenvalue weighted by molar-refractivity contribution is 0.304. The van der Waals surface area contributed by atoms with Gasteiger partial charge in [0.15, 0.2) is 0 Å². The van der Waals surface area contributed by atoms with Gasteiger partial charge in [0.1, 0.15) is 12.4 Å². The number of hydrogen-bond acceptors (Lipinski definition) is 4. The van der Waals surface area contributed by atoms with Gasteiger partial charge in [-0.05, 0) is 56.2 Å². The largest absolute Gasteiger partial charge is 0.489 e. The highest BCUT2D eigenvalue weighted by Crippen LogP contribution is 2.32. The minimum atomic E-state index is 0.454. The highest BCUT2D eigenvalue weighted by Gasteiger charge is 2.15. The maximum absolute atomic E-state index is 6.07. The van der Waals surface area contributed by atoms with Crippen LogP contribution in [0.3, 0.4) is 0 Å². The lowest BCUT2D eigenvalue weighted by Crippen LogP contribution is -2.03. The van der Waals surface area contributed by atoms with E-state index in [2.05, 4.69) is 11.2 Å². The second kappa shape index (κ2) is 7.12. The Morgan fingerprint density at radius 3 is 2.46 bits per heavy atom. The van der Waals surface area contributed by atoms with Crippen LogP contribution in [0.25, 0.3) is 11.3 Å². The minimum Gasteiger partial charge on any atom is -0.489 e. The fraction of sp³-hybridized carbons (Fsp3) is 0.286. The predicted octanol–water partition coefficient (Wildman–Crippen LogP) is 4.18. The molecular weight excluding hydrogens is 326 g/mol. The molecule has 5 nitrogen and oxygen atoms in total. The first-order valence-corrected chi connectivity index (χ1v) is 8.57. The van der Waals surface area contributed by atoms with E-state index in [9.17, 15) is 0 Å². The number of ether oxygens (including phenoxy) is 2. The molecule has 136 valence electrons. The average Bonchev–Trinajstić information content (AvgIpc) is 2.89. The summed E-state index contributed by atoms with van der Waals surface area (Å²) >= 11 is 0. The smallest absolute Gasteiger partial charge is 0.214 e. The molecule has 0 aliphatic carbocycles. The maximum Gasteiger partial charge on any atom is 0.214 e. The summed E-state index contributed by atoms with van der Waals surface area (Å²) in [6.45, 7) is 6.55. The van der Waals surface area contributed by atoms with Gasteiger partial charge in [0.2, 0.25) is 5.88 Å². The number of anilines is 1. The molecule has 2 N–H and O–H groups in total. The predicted molar refractivity (Wildman–Crippen MR) is 105 cm³/mol. The molecule has 0 fully saturated rings. The first kappa shape index (κ1) is 17.9. The monoisotopic (exact) mass is 351 g/mol. The van der Waals surface area contributed by atoms with E-state index in [4.69, 9.17) is 15.2 Å². The quantitative estimate of drug-likeness (QED) is 0.701. The van der Waals surface area contributed by atoms with Crippen molar-refractivity contribution >= 4 is 5.69 Å². The Balaban J connectivity index is 1.84. The molecule has 0 atom stereocenters. The molecular formula is C21H25N3O2. The molecule has 3 rings (SSSR count). The zero-order chi connectivity index (χ0) is 18.8. The Bertz CT molecular complexity index is 924. The number of rotatable bonds is 5. The van der Waals surface area contributed by atoms with Crippen molar-refractivity contribution in [1.29, 1.82) is 0 Å². The van der Waals surface area contributed by atoms with Gasteiger partial charge in [-0.15, -0.1) is 0 Å². The van der Waals surface area contributed by atoms with Gasteiger partial charge in [-0.25, -0.2) is 4.68 Å². The maximum atomic E-state index is 6.07. The summed E-state index contributed by atoms with van der Waals surface area (Å²) in [7, 11) is 3.54. The Morgan fingerprint density at radius 2 is 1.85 bits per heavy atom. The third-order valence-electron chi connectivity index (χ3n) is 4.68. The van der Waals surface area contributed by atoms with Gasteiger partial charge in [0.25, 0.3) is 0 Å². The molecule has 0 amide bonds. The third-order valence-corrected chi connectivity index (χ3v) is 4.68. The number of aromatic nitrogens is 2. The molecule has 0 saturated heterocycles. The van der Waals surface area contributed by atoms with Crippen LogP contribution in [0.2, 0.25) is 0 Å². The minimum absolute atomic E-state index is 0.454. The summed E-state index contributed by atoms with van der Waals surface area (Å²) in [5.41, 5.74) is 13.0. The van der Waals surface area contributed by atoms with Gasteiger partial charge in [-0.3, -0.25) is 0 Å².